The molecule has 0 aromatic heterocycles. The molecule has 1 rings (SSSR count). The maximum absolute atomic E-state index is 12.0. The minimum Gasteiger partial charge on any atom is -0.328 e. The number of halogens is 4. The molecule has 3 N–H and O–H groups in total. The second-order valence-electron chi connectivity index (χ2n) is 3.84. The van der Waals surface area contributed by atoms with Gasteiger partial charge in [0.25, 0.3) is 0 Å². The summed E-state index contributed by atoms with van der Waals surface area (Å²) in [5.41, 5.74) is 5.55. The van der Waals surface area contributed by atoms with Crippen LogP contribution < -0.4 is 10.5 Å². The number of hydrogen-bond donors (Lipinski definition) is 2. The molecule has 1 atom stereocenters. The van der Waals surface area contributed by atoms with Gasteiger partial charge in [-0.2, -0.15) is 0 Å². The fraction of sp³-hybridized carbons (Fsp3) is 0.400. The molecule has 0 heterocycles. The number of hydrogen-bond acceptors (Lipinski definition) is 3. The highest BCUT2D eigenvalue weighted by atomic mass is 79.9. The Morgan fingerprint density at radius 3 is 2.47 bits per heavy atom. The lowest BCUT2D eigenvalue weighted by atomic mass is 10.3. The maximum atomic E-state index is 12.0. The molecule has 4 nitrogen and oxygen atoms in total. The first-order valence-corrected chi connectivity index (χ1v) is 8.17. The lowest BCUT2D eigenvalue weighted by Gasteiger charge is -2.11. The van der Waals surface area contributed by atoms with Gasteiger partial charge in [-0.15, -0.1) is 12.4 Å². The summed E-state index contributed by atoms with van der Waals surface area (Å²) < 4.78 is 26.9. The molecule has 0 fully saturated rings. The Morgan fingerprint density at radius 1 is 1.37 bits per heavy atom. The van der Waals surface area contributed by atoms with E-state index in [-0.39, 0.29) is 39.9 Å². The molecule has 0 aliphatic heterocycles. The van der Waals surface area contributed by atoms with Crippen LogP contribution in [0.1, 0.15) is 13.3 Å². The zero-order valence-electron chi connectivity index (χ0n) is 9.99. The zero-order valence-corrected chi connectivity index (χ0v) is 14.7. The largest absolute Gasteiger partial charge is 0.328 e. The van der Waals surface area contributed by atoms with Crippen LogP contribution in [0, 0.1) is 0 Å². The third kappa shape index (κ3) is 5.38. The third-order valence-electron chi connectivity index (χ3n) is 2.18. The van der Waals surface area contributed by atoms with Gasteiger partial charge in [-0.1, -0.05) is 23.2 Å². The van der Waals surface area contributed by atoms with E-state index < -0.39 is 10.0 Å². The summed E-state index contributed by atoms with van der Waals surface area (Å²) in [6.45, 7) is 2.06. The molecule has 0 amide bonds. The average Bonchev–Trinajstić information content (AvgIpc) is 2.24. The lowest BCUT2D eigenvalue weighted by molar-refractivity contribution is 0.572. The predicted octanol–water partition coefficient (Wildman–Crippen LogP) is 3.19. The Balaban J connectivity index is 0.00000324. The molecule has 1 unspecified atom stereocenters. The molecular weight excluding hydrogens is 398 g/mol. The first kappa shape index (κ1) is 19.4. The number of nitrogens with two attached hydrogens (primary N) is 1. The van der Waals surface area contributed by atoms with Gasteiger partial charge in [0.1, 0.15) is 4.90 Å². The highest BCUT2D eigenvalue weighted by Gasteiger charge is 2.20. The van der Waals surface area contributed by atoms with Crippen molar-refractivity contribution in [1.29, 1.82) is 0 Å². The van der Waals surface area contributed by atoms with Gasteiger partial charge in [-0.05, 0) is 41.4 Å². The Hall–Kier alpha value is 0.440. The van der Waals surface area contributed by atoms with E-state index in [2.05, 4.69) is 20.7 Å². The molecule has 1 aromatic rings. The topological polar surface area (TPSA) is 72.2 Å². The van der Waals surface area contributed by atoms with Gasteiger partial charge in [0.05, 0.1) is 10.0 Å². The van der Waals surface area contributed by atoms with Crippen molar-refractivity contribution in [3.8, 4) is 0 Å². The van der Waals surface area contributed by atoms with Crippen LogP contribution in [0.15, 0.2) is 21.5 Å². The molecule has 0 saturated heterocycles. The van der Waals surface area contributed by atoms with E-state index in [9.17, 15) is 8.42 Å². The molecule has 0 radical (unpaired) electrons. The molecule has 0 bridgehead atoms. The first-order chi connectivity index (χ1) is 8.25. The van der Waals surface area contributed by atoms with Crippen molar-refractivity contribution >= 4 is 61.6 Å². The van der Waals surface area contributed by atoms with Crippen molar-refractivity contribution in [1.82, 2.24) is 4.72 Å². The molecule has 0 aliphatic rings. The number of nitrogens with one attached hydrogen (secondary N) is 1. The van der Waals surface area contributed by atoms with Gasteiger partial charge in [0, 0.05) is 17.1 Å². The molecule has 110 valence electrons. The van der Waals surface area contributed by atoms with Crippen LogP contribution in [0.2, 0.25) is 10.0 Å². The summed E-state index contributed by atoms with van der Waals surface area (Å²) >= 11 is 15.0. The number of benzene rings is 1. The smallest absolute Gasteiger partial charge is 0.242 e. The van der Waals surface area contributed by atoms with Crippen LogP contribution in [0.4, 0.5) is 0 Å². The van der Waals surface area contributed by atoms with Crippen molar-refractivity contribution in [2.75, 3.05) is 6.54 Å². The Bertz CT molecular complexity index is 538. The Kier molecular flexibility index (Phi) is 8.21. The first-order valence-electron chi connectivity index (χ1n) is 5.14. The van der Waals surface area contributed by atoms with E-state index in [1.807, 2.05) is 0 Å². The van der Waals surface area contributed by atoms with Crippen molar-refractivity contribution in [2.24, 2.45) is 5.73 Å². The highest BCUT2D eigenvalue weighted by molar-refractivity contribution is 9.10. The van der Waals surface area contributed by atoms with Crippen LogP contribution in [0.3, 0.4) is 0 Å². The second-order valence-corrected chi connectivity index (χ2v) is 7.18. The number of rotatable bonds is 5. The van der Waals surface area contributed by atoms with E-state index in [0.29, 0.717) is 10.9 Å². The van der Waals surface area contributed by atoms with Crippen molar-refractivity contribution < 1.29 is 8.42 Å². The fourth-order valence-electron chi connectivity index (χ4n) is 1.21. The van der Waals surface area contributed by atoms with Gasteiger partial charge < -0.3 is 5.73 Å². The van der Waals surface area contributed by atoms with Crippen LogP contribution in [0.25, 0.3) is 0 Å². The van der Waals surface area contributed by atoms with Crippen LogP contribution in [-0.4, -0.2) is 21.0 Å². The maximum Gasteiger partial charge on any atom is 0.242 e. The van der Waals surface area contributed by atoms with Crippen molar-refractivity contribution in [2.45, 2.75) is 24.3 Å². The summed E-state index contributed by atoms with van der Waals surface area (Å²) in [4.78, 5) is -0.0398. The van der Waals surface area contributed by atoms with Gasteiger partial charge in [0.15, 0.2) is 0 Å². The van der Waals surface area contributed by atoms with Crippen LogP contribution >= 0.6 is 51.5 Å². The molecule has 1 aromatic carbocycles. The Morgan fingerprint density at radius 2 is 1.95 bits per heavy atom. The van der Waals surface area contributed by atoms with E-state index in [0.717, 1.165) is 0 Å². The summed E-state index contributed by atoms with van der Waals surface area (Å²) in [6, 6.07) is 2.86. The monoisotopic (exact) mass is 410 g/mol. The van der Waals surface area contributed by atoms with Gasteiger partial charge in [-0.25, -0.2) is 13.1 Å². The minimum absolute atomic E-state index is 0. The lowest BCUT2D eigenvalue weighted by Crippen LogP contribution is -2.29. The standard InChI is InChI=1S/C10H13BrCl2N2O2S.ClH/c1-6(14)4-5-15-18(16,17)8-3-2-7(11)9(12)10(8)13;/h2-3,6,15H,4-5,14H2,1H3;1H. The van der Waals surface area contributed by atoms with Crippen LogP contribution in [0.5, 0.6) is 0 Å². The SMILES string of the molecule is CC(N)CCNS(=O)(=O)c1ccc(Br)c(Cl)c1Cl.Cl. The summed E-state index contributed by atoms with van der Waals surface area (Å²) in [6.07, 6.45) is 0.543. The highest BCUT2D eigenvalue weighted by Crippen LogP contribution is 2.34. The molecule has 9 heteroatoms. The normalized spacial score (nSPS) is 12.9. The zero-order chi connectivity index (χ0) is 13.9. The van der Waals surface area contributed by atoms with Gasteiger partial charge in [-0.3, -0.25) is 0 Å². The number of sulfonamides is 1. The van der Waals surface area contributed by atoms with Gasteiger partial charge in [0.2, 0.25) is 10.0 Å². The third-order valence-corrected chi connectivity index (χ3v) is 5.57. The van der Waals surface area contributed by atoms with E-state index in [4.69, 9.17) is 28.9 Å². The summed E-state index contributed by atoms with van der Waals surface area (Å²) in [5, 5.41) is 0.172. The molecular formula is C10H14BrCl3N2O2S. The fourth-order valence-corrected chi connectivity index (χ4v) is 3.48. The van der Waals surface area contributed by atoms with Crippen LogP contribution in [-0.2, 0) is 10.0 Å². The minimum atomic E-state index is -3.67. The quantitative estimate of drug-likeness (QED) is 0.730. The average molecular weight is 413 g/mol. The second kappa shape index (κ2) is 8.02. The molecule has 0 spiro atoms. The van der Waals surface area contributed by atoms with Crippen molar-refractivity contribution in [3.05, 3.63) is 26.7 Å². The van der Waals surface area contributed by atoms with E-state index in [1.165, 1.54) is 12.1 Å². The Labute approximate surface area is 137 Å². The molecule has 0 aliphatic carbocycles. The van der Waals surface area contributed by atoms with E-state index in [1.54, 1.807) is 6.92 Å². The summed E-state index contributed by atoms with van der Waals surface area (Å²) in [7, 11) is -3.67. The molecule has 19 heavy (non-hydrogen) atoms. The predicted molar refractivity (Wildman–Crippen MR) is 84.9 cm³/mol. The van der Waals surface area contributed by atoms with Gasteiger partial charge >= 0.3 is 0 Å². The molecule has 0 saturated carbocycles. The summed E-state index contributed by atoms with van der Waals surface area (Å²) in [5.74, 6) is 0. The van der Waals surface area contributed by atoms with E-state index >= 15 is 0 Å². The van der Waals surface area contributed by atoms with Crippen molar-refractivity contribution in [3.63, 3.8) is 0 Å².